The van der Waals surface area contributed by atoms with Crippen molar-refractivity contribution in [1.82, 2.24) is 14.4 Å². The molecule has 21 heavy (non-hydrogen) atoms. The largest absolute Gasteiger partial charge is 0.366 e. The maximum atomic E-state index is 5.45. The Morgan fingerprint density at radius 1 is 1.29 bits per heavy atom. The molecule has 1 unspecified atom stereocenters. The van der Waals surface area contributed by atoms with E-state index in [2.05, 4.69) is 51.9 Å². The van der Waals surface area contributed by atoms with Crippen LogP contribution in [-0.2, 0) is 0 Å². The van der Waals surface area contributed by atoms with Crippen molar-refractivity contribution in [3.8, 4) is 0 Å². The molecule has 0 amide bonds. The van der Waals surface area contributed by atoms with Gasteiger partial charge in [-0.15, -0.1) is 0 Å². The predicted molar refractivity (Wildman–Crippen MR) is 84.1 cm³/mol. The van der Waals surface area contributed by atoms with Gasteiger partial charge >= 0.3 is 0 Å². The number of rotatable bonds is 5. The van der Waals surface area contributed by atoms with Gasteiger partial charge in [-0.05, 0) is 11.5 Å². The van der Waals surface area contributed by atoms with E-state index in [1.54, 1.807) is 12.4 Å². The molecule has 3 rings (SSSR count). The normalized spacial score (nSPS) is 12.3. The van der Waals surface area contributed by atoms with E-state index < -0.39 is 0 Å². The molecule has 0 radical (unpaired) electrons. The van der Waals surface area contributed by atoms with Crippen molar-refractivity contribution >= 4 is 17.3 Å². The SMILES string of the molecule is CC(CNc1nc(NN)cn2ccnc12)c1ccccc1. The number of nitrogens with one attached hydrogen (secondary N) is 2. The first kappa shape index (κ1) is 13.4. The smallest absolute Gasteiger partial charge is 0.180 e. The van der Waals surface area contributed by atoms with Gasteiger partial charge in [0.15, 0.2) is 17.3 Å². The van der Waals surface area contributed by atoms with E-state index >= 15 is 0 Å². The fourth-order valence-corrected chi connectivity index (χ4v) is 2.27. The van der Waals surface area contributed by atoms with Gasteiger partial charge in [0.1, 0.15) is 0 Å². The zero-order valence-electron chi connectivity index (χ0n) is 11.8. The number of anilines is 2. The molecule has 0 aliphatic carbocycles. The Morgan fingerprint density at radius 3 is 2.86 bits per heavy atom. The Bertz CT molecular complexity index is 721. The standard InChI is InChI=1S/C15H18N6/c1-11(12-5-3-2-4-6-12)9-18-14-15-17-7-8-21(15)10-13(19-14)20-16/h2-8,10-11,20H,9,16H2,1H3,(H,18,19). The zero-order chi connectivity index (χ0) is 14.7. The van der Waals surface area contributed by atoms with E-state index in [-0.39, 0.29) is 0 Å². The molecule has 4 N–H and O–H groups in total. The first-order chi connectivity index (χ1) is 10.3. The predicted octanol–water partition coefficient (Wildman–Crippen LogP) is 2.23. The third-order valence-electron chi connectivity index (χ3n) is 3.47. The van der Waals surface area contributed by atoms with Crippen LogP contribution >= 0.6 is 0 Å². The molecule has 0 aliphatic rings. The Morgan fingerprint density at radius 2 is 2.10 bits per heavy atom. The number of hydrogen-bond donors (Lipinski definition) is 3. The fourth-order valence-electron chi connectivity index (χ4n) is 2.27. The van der Waals surface area contributed by atoms with E-state index in [0.717, 1.165) is 18.0 Å². The number of hydrazine groups is 1. The van der Waals surface area contributed by atoms with Crippen LogP contribution in [0.5, 0.6) is 0 Å². The molecule has 0 saturated carbocycles. The molecule has 0 aliphatic heterocycles. The summed E-state index contributed by atoms with van der Waals surface area (Å²) in [6, 6.07) is 10.4. The van der Waals surface area contributed by atoms with Gasteiger partial charge in [-0.25, -0.2) is 15.8 Å². The molecule has 0 spiro atoms. The van der Waals surface area contributed by atoms with E-state index in [0.29, 0.717) is 11.7 Å². The van der Waals surface area contributed by atoms with Crippen LogP contribution in [-0.4, -0.2) is 20.9 Å². The van der Waals surface area contributed by atoms with Crippen LogP contribution in [0.4, 0.5) is 11.6 Å². The molecule has 2 aromatic heterocycles. The number of hydrogen-bond acceptors (Lipinski definition) is 5. The summed E-state index contributed by atoms with van der Waals surface area (Å²) in [5.41, 5.74) is 4.64. The molecule has 108 valence electrons. The highest BCUT2D eigenvalue weighted by molar-refractivity contribution is 5.65. The van der Waals surface area contributed by atoms with Gasteiger partial charge in [-0.2, -0.15) is 0 Å². The second-order valence-corrected chi connectivity index (χ2v) is 4.97. The lowest BCUT2D eigenvalue weighted by atomic mass is 10.0. The summed E-state index contributed by atoms with van der Waals surface area (Å²) in [7, 11) is 0. The molecular formula is C15H18N6. The van der Waals surface area contributed by atoms with Crippen LogP contribution in [0.15, 0.2) is 48.9 Å². The van der Waals surface area contributed by atoms with Crippen LogP contribution in [0.3, 0.4) is 0 Å². The highest BCUT2D eigenvalue weighted by Gasteiger charge is 2.09. The van der Waals surface area contributed by atoms with E-state index in [1.165, 1.54) is 5.56 Å². The Balaban J connectivity index is 1.80. The third-order valence-corrected chi connectivity index (χ3v) is 3.47. The van der Waals surface area contributed by atoms with Crippen molar-refractivity contribution in [2.75, 3.05) is 17.3 Å². The van der Waals surface area contributed by atoms with Crippen LogP contribution in [0.2, 0.25) is 0 Å². The molecule has 6 nitrogen and oxygen atoms in total. The Labute approximate surface area is 123 Å². The molecule has 0 fully saturated rings. The van der Waals surface area contributed by atoms with Gasteiger partial charge in [-0.3, -0.25) is 0 Å². The summed E-state index contributed by atoms with van der Waals surface area (Å²) < 4.78 is 1.89. The van der Waals surface area contributed by atoms with Gasteiger partial charge in [-0.1, -0.05) is 37.3 Å². The van der Waals surface area contributed by atoms with Gasteiger partial charge in [0.25, 0.3) is 0 Å². The van der Waals surface area contributed by atoms with Crippen molar-refractivity contribution in [3.63, 3.8) is 0 Å². The first-order valence-electron chi connectivity index (χ1n) is 6.87. The third kappa shape index (κ3) is 2.80. The minimum Gasteiger partial charge on any atom is -0.366 e. The number of aromatic nitrogens is 3. The van der Waals surface area contributed by atoms with Crippen molar-refractivity contribution in [2.45, 2.75) is 12.8 Å². The van der Waals surface area contributed by atoms with Gasteiger partial charge in [0, 0.05) is 18.9 Å². The highest BCUT2D eigenvalue weighted by Crippen LogP contribution is 2.19. The molecule has 0 saturated heterocycles. The molecule has 0 bridgehead atoms. The molecule has 1 aromatic carbocycles. The number of nitrogens with zero attached hydrogens (tertiary/aromatic N) is 3. The van der Waals surface area contributed by atoms with Crippen molar-refractivity contribution < 1.29 is 0 Å². The molecular weight excluding hydrogens is 264 g/mol. The lowest BCUT2D eigenvalue weighted by molar-refractivity contribution is 0.801. The van der Waals surface area contributed by atoms with Crippen molar-refractivity contribution in [2.24, 2.45) is 5.84 Å². The number of benzene rings is 1. The minimum atomic E-state index is 0.373. The number of nitrogen functional groups attached to an aromatic ring is 1. The maximum absolute atomic E-state index is 5.45. The van der Waals surface area contributed by atoms with Crippen molar-refractivity contribution in [3.05, 3.63) is 54.5 Å². The molecule has 6 heteroatoms. The van der Waals surface area contributed by atoms with Gasteiger partial charge in [0.2, 0.25) is 0 Å². The van der Waals surface area contributed by atoms with Gasteiger partial charge < -0.3 is 15.1 Å². The average molecular weight is 282 g/mol. The van der Waals surface area contributed by atoms with Crippen LogP contribution in [0.25, 0.3) is 5.65 Å². The maximum Gasteiger partial charge on any atom is 0.180 e. The summed E-state index contributed by atoms with van der Waals surface area (Å²) in [6.45, 7) is 2.95. The van der Waals surface area contributed by atoms with Crippen LogP contribution in [0, 0.1) is 0 Å². The minimum absolute atomic E-state index is 0.373. The molecule has 3 aromatic rings. The lowest BCUT2D eigenvalue weighted by Gasteiger charge is -2.14. The fraction of sp³-hybridized carbons (Fsp3) is 0.200. The number of fused-ring (bicyclic) bond motifs is 1. The lowest BCUT2D eigenvalue weighted by Crippen LogP contribution is -2.14. The number of imidazole rings is 1. The summed E-state index contributed by atoms with van der Waals surface area (Å²) >= 11 is 0. The van der Waals surface area contributed by atoms with E-state index in [4.69, 9.17) is 5.84 Å². The van der Waals surface area contributed by atoms with Crippen LogP contribution in [0.1, 0.15) is 18.4 Å². The van der Waals surface area contributed by atoms with Crippen LogP contribution < -0.4 is 16.6 Å². The van der Waals surface area contributed by atoms with Gasteiger partial charge in [0.05, 0.1) is 6.20 Å². The zero-order valence-corrected chi connectivity index (χ0v) is 11.8. The second-order valence-electron chi connectivity index (χ2n) is 4.97. The summed E-state index contributed by atoms with van der Waals surface area (Å²) in [6.07, 6.45) is 5.40. The first-order valence-corrected chi connectivity index (χ1v) is 6.87. The average Bonchev–Trinajstić information content (AvgIpc) is 3.01. The second kappa shape index (κ2) is 5.80. The summed E-state index contributed by atoms with van der Waals surface area (Å²) in [5, 5.41) is 3.36. The number of nitrogens with two attached hydrogens (primary N) is 1. The topological polar surface area (TPSA) is 80.3 Å². The Hall–Kier alpha value is -2.60. The molecule has 1 atom stereocenters. The molecule has 2 heterocycles. The highest BCUT2D eigenvalue weighted by atomic mass is 15.3. The monoisotopic (exact) mass is 282 g/mol. The van der Waals surface area contributed by atoms with Crippen molar-refractivity contribution in [1.29, 1.82) is 0 Å². The summed E-state index contributed by atoms with van der Waals surface area (Å²) in [4.78, 5) is 8.74. The van der Waals surface area contributed by atoms with E-state index in [1.807, 2.05) is 16.7 Å². The van der Waals surface area contributed by atoms with E-state index in [9.17, 15) is 0 Å². The summed E-state index contributed by atoms with van der Waals surface area (Å²) in [5.74, 6) is 7.14. The quantitative estimate of drug-likeness (QED) is 0.494. The Kier molecular flexibility index (Phi) is 3.70.